The van der Waals surface area contributed by atoms with E-state index in [-0.39, 0.29) is 5.91 Å². The fraction of sp³-hybridized carbons (Fsp3) is 0.350. The van der Waals surface area contributed by atoms with Crippen molar-refractivity contribution in [3.05, 3.63) is 59.3 Å². The molecule has 1 amide bonds. The Bertz CT molecular complexity index is 741. The number of anilines is 1. The summed E-state index contributed by atoms with van der Waals surface area (Å²) in [7, 11) is 0. The molecule has 1 saturated heterocycles. The summed E-state index contributed by atoms with van der Waals surface area (Å²) < 4.78 is 0. The predicted molar refractivity (Wildman–Crippen MR) is 97.0 cm³/mol. The summed E-state index contributed by atoms with van der Waals surface area (Å²) in [6, 6.07) is 13.5. The zero-order valence-electron chi connectivity index (χ0n) is 14.2. The van der Waals surface area contributed by atoms with Crippen LogP contribution < -0.4 is 10.2 Å². The van der Waals surface area contributed by atoms with Gasteiger partial charge in [-0.15, -0.1) is 0 Å². The molecular formula is C20H22N4O. The summed E-state index contributed by atoms with van der Waals surface area (Å²) in [6.07, 6.45) is 5.42. The molecule has 0 bridgehead atoms. The van der Waals surface area contributed by atoms with Gasteiger partial charge in [0.05, 0.1) is 11.6 Å². The molecule has 5 heteroatoms. The Morgan fingerprint density at radius 3 is 2.48 bits per heavy atom. The van der Waals surface area contributed by atoms with E-state index in [9.17, 15) is 4.79 Å². The van der Waals surface area contributed by atoms with Crippen LogP contribution in [0.5, 0.6) is 0 Å². The van der Waals surface area contributed by atoms with Gasteiger partial charge in [-0.2, -0.15) is 5.26 Å². The molecule has 2 heterocycles. The van der Waals surface area contributed by atoms with E-state index in [1.807, 2.05) is 30.5 Å². The van der Waals surface area contributed by atoms with E-state index >= 15 is 0 Å². The highest BCUT2D eigenvalue weighted by molar-refractivity contribution is 5.76. The van der Waals surface area contributed by atoms with Crippen LogP contribution in [0.4, 0.5) is 5.82 Å². The summed E-state index contributed by atoms with van der Waals surface area (Å²) in [4.78, 5) is 18.8. The summed E-state index contributed by atoms with van der Waals surface area (Å²) >= 11 is 0. The van der Waals surface area contributed by atoms with E-state index in [0.717, 1.165) is 30.0 Å². The minimum Gasteiger partial charge on any atom is -0.357 e. The molecular weight excluding hydrogens is 312 g/mol. The molecule has 1 fully saturated rings. The van der Waals surface area contributed by atoms with Gasteiger partial charge in [-0.1, -0.05) is 18.2 Å². The highest BCUT2D eigenvalue weighted by Crippen LogP contribution is 2.17. The van der Waals surface area contributed by atoms with Crippen molar-refractivity contribution in [3.63, 3.8) is 0 Å². The molecule has 0 saturated carbocycles. The number of amides is 1. The van der Waals surface area contributed by atoms with Gasteiger partial charge in [-0.05, 0) is 48.6 Å². The second-order valence-electron chi connectivity index (χ2n) is 6.30. The second kappa shape index (κ2) is 8.29. The molecule has 0 radical (unpaired) electrons. The molecule has 3 rings (SSSR count). The van der Waals surface area contributed by atoms with Gasteiger partial charge in [0.25, 0.3) is 0 Å². The standard InChI is InChI=1S/C20H22N4O/c21-13-17-5-3-16(4-6-17)8-10-20(25)23-15-18-7-9-19(22-14-18)24-11-1-2-12-24/h3-7,9,14H,1-2,8,10-12,15H2,(H,23,25). The lowest BCUT2D eigenvalue weighted by molar-refractivity contribution is -0.121. The number of rotatable bonds is 6. The van der Waals surface area contributed by atoms with Gasteiger partial charge < -0.3 is 10.2 Å². The van der Waals surface area contributed by atoms with Crippen LogP contribution >= 0.6 is 0 Å². The number of benzene rings is 1. The molecule has 5 nitrogen and oxygen atoms in total. The third-order valence-electron chi connectivity index (χ3n) is 4.45. The average molecular weight is 334 g/mol. The van der Waals surface area contributed by atoms with Gasteiger partial charge in [0.2, 0.25) is 5.91 Å². The predicted octanol–water partition coefficient (Wildman–Crippen LogP) is 2.80. The number of hydrogen-bond acceptors (Lipinski definition) is 4. The van der Waals surface area contributed by atoms with Gasteiger partial charge in [0, 0.05) is 32.3 Å². The maximum atomic E-state index is 12.0. The highest BCUT2D eigenvalue weighted by atomic mass is 16.1. The monoisotopic (exact) mass is 334 g/mol. The summed E-state index contributed by atoms with van der Waals surface area (Å²) in [5, 5.41) is 11.7. The number of nitrogens with zero attached hydrogens (tertiary/aromatic N) is 3. The molecule has 0 spiro atoms. The molecule has 2 aromatic rings. The van der Waals surface area contributed by atoms with Crippen LogP contribution in [0.15, 0.2) is 42.6 Å². The van der Waals surface area contributed by atoms with Crippen LogP contribution in [-0.2, 0) is 17.8 Å². The van der Waals surface area contributed by atoms with E-state index in [1.165, 1.54) is 12.8 Å². The van der Waals surface area contributed by atoms with Crippen LogP contribution in [0.25, 0.3) is 0 Å². The molecule has 1 aliphatic rings. The van der Waals surface area contributed by atoms with E-state index in [4.69, 9.17) is 5.26 Å². The smallest absolute Gasteiger partial charge is 0.220 e. The molecule has 128 valence electrons. The minimum absolute atomic E-state index is 0.0213. The molecule has 1 aliphatic heterocycles. The van der Waals surface area contributed by atoms with Gasteiger partial charge in [0.1, 0.15) is 5.82 Å². The largest absolute Gasteiger partial charge is 0.357 e. The van der Waals surface area contributed by atoms with Crippen molar-refractivity contribution in [1.29, 1.82) is 5.26 Å². The Morgan fingerprint density at radius 2 is 1.84 bits per heavy atom. The Hall–Kier alpha value is -2.87. The van der Waals surface area contributed by atoms with Crippen molar-refractivity contribution in [2.75, 3.05) is 18.0 Å². The fourth-order valence-electron chi connectivity index (χ4n) is 2.95. The van der Waals surface area contributed by atoms with E-state index < -0.39 is 0 Å². The van der Waals surface area contributed by atoms with Crippen molar-refractivity contribution in [3.8, 4) is 6.07 Å². The number of carbonyl (C=O) groups is 1. The SMILES string of the molecule is N#Cc1ccc(CCC(=O)NCc2ccc(N3CCCC3)nc2)cc1. The Morgan fingerprint density at radius 1 is 1.12 bits per heavy atom. The number of pyridine rings is 1. The first-order chi connectivity index (χ1) is 12.2. The van der Waals surface area contributed by atoms with Crippen LogP contribution in [-0.4, -0.2) is 24.0 Å². The number of hydrogen-bond donors (Lipinski definition) is 1. The lowest BCUT2D eigenvalue weighted by Crippen LogP contribution is -2.23. The zero-order chi connectivity index (χ0) is 17.5. The number of aromatic nitrogens is 1. The summed E-state index contributed by atoms with van der Waals surface area (Å²) in [6.45, 7) is 2.66. The molecule has 1 N–H and O–H groups in total. The van der Waals surface area contributed by atoms with Crippen LogP contribution in [0, 0.1) is 11.3 Å². The molecule has 0 aliphatic carbocycles. The molecule has 1 aromatic heterocycles. The first-order valence-corrected chi connectivity index (χ1v) is 8.70. The molecule has 25 heavy (non-hydrogen) atoms. The Labute approximate surface area is 148 Å². The first-order valence-electron chi connectivity index (χ1n) is 8.70. The van der Waals surface area contributed by atoms with Crippen LogP contribution in [0.3, 0.4) is 0 Å². The minimum atomic E-state index is 0.0213. The molecule has 1 aromatic carbocycles. The van der Waals surface area contributed by atoms with Gasteiger partial charge in [0.15, 0.2) is 0 Å². The molecule has 0 atom stereocenters. The Kier molecular flexibility index (Phi) is 5.63. The maximum absolute atomic E-state index is 12.0. The summed E-state index contributed by atoms with van der Waals surface area (Å²) in [5.41, 5.74) is 2.71. The highest BCUT2D eigenvalue weighted by Gasteiger charge is 2.13. The van der Waals surface area contributed by atoms with Crippen LogP contribution in [0.2, 0.25) is 0 Å². The second-order valence-corrected chi connectivity index (χ2v) is 6.30. The summed E-state index contributed by atoms with van der Waals surface area (Å²) in [5.74, 6) is 1.04. The van der Waals surface area contributed by atoms with Gasteiger partial charge in [-0.25, -0.2) is 4.98 Å². The topological polar surface area (TPSA) is 69.0 Å². The lowest BCUT2D eigenvalue weighted by Gasteiger charge is -2.16. The molecule has 0 unspecified atom stereocenters. The van der Waals surface area contributed by atoms with Crippen molar-refractivity contribution in [2.24, 2.45) is 0 Å². The van der Waals surface area contributed by atoms with E-state index in [0.29, 0.717) is 24.9 Å². The van der Waals surface area contributed by atoms with Gasteiger partial charge in [-0.3, -0.25) is 4.79 Å². The normalized spacial score (nSPS) is 13.5. The lowest BCUT2D eigenvalue weighted by atomic mass is 10.1. The number of carbonyl (C=O) groups excluding carboxylic acids is 1. The number of nitriles is 1. The van der Waals surface area contributed by atoms with Gasteiger partial charge >= 0.3 is 0 Å². The first kappa shape index (κ1) is 17.0. The zero-order valence-corrected chi connectivity index (χ0v) is 14.2. The third kappa shape index (κ3) is 4.80. The number of nitrogens with one attached hydrogen (secondary N) is 1. The van der Waals surface area contributed by atoms with Crippen molar-refractivity contribution in [1.82, 2.24) is 10.3 Å². The van der Waals surface area contributed by atoms with Crippen molar-refractivity contribution >= 4 is 11.7 Å². The van der Waals surface area contributed by atoms with Crippen LogP contribution in [0.1, 0.15) is 36.0 Å². The maximum Gasteiger partial charge on any atom is 0.220 e. The fourth-order valence-corrected chi connectivity index (χ4v) is 2.95. The van der Waals surface area contributed by atoms with E-state index in [1.54, 1.807) is 12.1 Å². The Balaban J connectivity index is 1.43. The van der Waals surface area contributed by atoms with Crippen molar-refractivity contribution < 1.29 is 4.79 Å². The van der Waals surface area contributed by atoms with E-state index in [2.05, 4.69) is 21.3 Å². The van der Waals surface area contributed by atoms with Crippen molar-refractivity contribution in [2.45, 2.75) is 32.2 Å². The number of aryl methyl sites for hydroxylation is 1. The quantitative estimate of drug-likeness (QED) is 0.882. The average Bonchev–Trinajstić information content (AvgIpc) is 3.20. The third-order valence-corrected chi connectivity index (χ3v) is 4.45.